The normalized spacial score (nSPS) is 10.8. The van der Waals surface area contributed by atoms with Gasteiger partial charge in [-0.1, -0.05) is 230 Å². The summed E-state index contributed by atoms with van der Waals surface area (Å²) in [6.45, 7) is 4.26. The van der Waals surface area contributed by atoms with E-state index in [1.54, 1.807) is 0 Å². The van der Waals surface area contributed by atoms with E-state index in [1.165, 1.54) is 33.4 Å². The fourth-order valence-electron chi connectivity index (χ4n) is 8.71. The number of rotatable bonds is 13. The van der Waals surface area contributed by atoms with Crippen molar-refractivity contribution < 1.29 is 0 Å². The summed E-state index contributed by atoms with van der Waals surface area (Å²) in [6, 6.07) is 95.8. The van der Waals surface area contributed by atoms with Gasteiger partial charge in [-0.2, -0.15) is 0 Å². The lowest BCUT2D eigenvalue weighted by Gasteiger charge is -2.25. The SMILES string of the molecule is Cc1ccc(-c2ccc(N(C=C(c3ccccc3)c3ccccc3)c3ccc(-c4ccc(N(C=C(c5ccccc5)c5ccccc5)c5ccc(-c6ccc(C)cc6)cc5)cc4)cc3)cc2)cc1. The van der Waals surface area contributed by atoms with Crippen LogP contribution >= 0.6 is 0 Å². The van der Waals surface area contributed by atoms with Gasteiger partial charge in [0.25, 0.3) is 0 Å². The van der Waals surface area contributed by atoms with E-state index in [0.29, 0.717) is 0 Å². The molecule has 0 amide bonds. The van der Waals surface area contributed by atoms with E-state index in [9.17, 15) is 0 Å². The molecule has 0 radical (unpaired) electrons. The summed E-state index contributed by atoms with van der Waals surface area (Å²) >= 11 is 0. The van der Waals surface area contributed by atoms with Crippen LogP contribution in [0.3, 0.4) is 0 Å². The molecular formula is C66H52N2. The summed E-state index contributed by atoms with van der Waals surface area (Å²) in [7, 11) is 0. The Kier molecular flexibility index (Phi) is 12.8. The zero-order valence-corrected chi connectivity index (χ0v) is 38.5. The summed E-state index contributed by atoms with van der Waals surface area (Å²) in [5, 5.41) is 0. The predicted molar refractivity (Wildman–Crippen MR) is 289 cm³/mol. The molecule has 0 unspecified atom stereocenters. The van der Waals surface area contributed by atoms with Gasteiger partial charge in [0.2, 0.25) is 0 Å². The average molecular weight is 873 g/mol. The minimum Gasteiger partial charge on any atom is -0.317 e. The summed E-state index contributed by atoms with van der Waals surface area (Å²) in [5.41, 5.74) is 20.8. The van der Waals surface area contributed by atoms with Crippen LogP contribution in [-0.2, 0) is 0 Å². The van der Waals surface area contributed by atoms with E-state index < -0.39 is 0 Å². The van der Waals surface area contributed by atoms with Crippen molar-refractivity contribution in [2.75, 3.05) is 9.80 Å². The summed E-state index contributed by atoms with van der Waals surface area (Å²) in [5.74, 6) is 0. The lowest BCUT2D eigenvalue weighted by Crippen LogP contribution is -2.10. The number of hydrogen-bond acceptors (Lipinski definition) is 2. The van der Waals surface area contributed by atoms with Crippen LogP contribution in [0, 0.1) is 13.8 Å². The molecule has 0 N–H and O–H groups in total. The molecule has 0 aliphatic carbocycles. The van der Waals surface area contributed by atoms with Crippen molar-refractivity contribution in [3.63, 3.8) is 0 Å². The lowest BCUT2D eigenvalue weighted by molar-refractivity contribution is 1.27. The van der Waals surface area contributed by atoms with Crippen LogP contribution in [0.2, 0.25) is 0 Å². The highest BCUT2D eigenvalue weighted by atomic mass is 15.1. The molecule has 2 nitrogen and oxygen atoms in total. The molecule has 0 heterocycles. The Hall–Kier alpha value is -8.72. The minimum atomic E-state index is 1.07. The van der Waals surface area contributed by atoms with Crippen molar-refractivity contribution in [3.05, 3.63) is 313 Å². The Labute approximate surface area is 401 Å². The first kappa shape index (κ1) is 43.2. The molecule has 0 aliphatic heterocycles. The molecule has 326 valence electrons. The standard InChI is InChI=1S/C66H52N2/c1-49-23-27-51(28-24-49)53-31-39-61(40-32-53)67(47-65(57-15-7-3-8-16-57)58-17-9-4-10-18-58)63-43-35-55(36-44-63)56-37-45-64(46-38-56)68(62-41-33-54(34-42-62)52-29-25-50(2)26-30-52)48-66(59-19-11-5-12-20-59)60-21-13-6-14-22-60/h3-48H,1-2H3. The molecular weight excluding hydrogens is 821 g/mol. The molecule has 0 aromatic heterocycles. The molecule has 0 fully saturated rings. The third-order valence-corrected chi connectivity index (χ3v) is 12.5. The number of anilines is 4. The van der Waals surface area contributed by atoms with E-state index in [4.69, 9.17) is 0 Å². The Bertz CT molecular complexity index is 2940. The van der Waals surface area contributed by atoms with Crippen LogP contribution in [0.4, 0.5) is 22.7 Å². The van der Waals surface area contributed by atoms with E-state index >= 15 is 0 Å². The van der Waals surface area contributed by atoms with Crippen molar-refractivity contribution in [1.82, 2.24) is 0 Å². The van der Waals surface area contributed by atoms with Crippen molar-refractivity contribution in [3.8, 4) is 33.4 Å². The van der Waals surface area contributed by atoms with Crippen LogP contribution < -0.4 is 9.80 Å². The van der Waals surface area contributed by atoms with Gasteiger partial charge < -0.3 is 9.80 Å². The zero-order chi connectivity index (χ0) is 46.1. The van der Waals surface area contributed by atoms with Crippen molar-refractivity contribution in [1.29, 1.82) is 0 Å². The predicted octanol–water partition coefficient (Wildman–Crippen LogP) is 17.8. The van der Waals surface area contributed by atoms with Crippen LogP contribution in [0.1, 0.15) is 33.4 Å². The topological polar surface area (TPSA) is 6.48 Å². The van der Waals surface area contributed by atoms with Gasteiger partial charge in [0, 0.05) is 46.3 Å². The highest BCUT2D eigenvalue weighted by Crippen LogP contribution is 2.37. The first-order valence-electron chi connectivity index (χ1n) is 23.3. The third-order valence-electron chi connectivity index (χ3n) is 12.5. The molecule has 0 atom stereocenters. The molecule has 2 heteroatoms. The Morgan fingerprint density at radius 1 is 0.235 bits per heavy atom. The number of aryl methyl sites for hydroxylation is 2. The second-order valence-electron chi connectivity index (χ2n) is 17.2. The maximum absolute atomic E-state index is 2.31. The molecule has 0 spiro atoms. The van der Waals surface area contributed by atoms with Crippen LogP contribution in [-0.4, -0.2) is 0 Å². The smallest absolute Gasteiger partial charge is 0.0456 e. The van der Waals surface area contributed by atoms with Gasteiger partial charge in [0.05, 0.1) is 0 Å². The quantitative estimate of drug-likeness (QED) is 0.114. The molecule has 0 aliphatic rings. The second-order valence-corrected chi connectivity index (χ2v) is 17.2. The van der Waals surface area contributed by atoms with Gasteiger partial charge in [-0.05, 0) is 118 Å². The Balaban J connectivity index is 1.01. The summed E-state index contributed by atoms with van der Waals surface area (Å²) in [6.07, 6.45) is 4.56. The van der Waals surface area contributed by atoms with Crippen LogP contribution in [0.25, 0.3) is 44.5 Å². The molecule has 10 aromatic rings. The van der Waals surface area contributed by atoms with Crippen LogP contribution in [0.5, 0.6) is 0 Å². The fourth-order valence-corrected chi connectivity index (χ4v) is 8.71. The highest BCUT2D eigenvalue weighted by molar-refractivity contribution is 5.86. The number of hydrogen-bond donors (Lipinski definition) is 0. The van der Waals surface area contributed by atoms with Crippen molar-refractivity contribution in [2.24, 2.45) is 0 Å². The average Bonchev–Trinajstić information content (AvgIpc) is 3.41. The van der Waals surface area contributed by atoms with Crippen molar-refractivity contribution in [2.45, 2.75) is 13.8 Å². The third kappa shape index (κ3) is 9.91. The lowest BCUT2D eigenvalue weighted by atomic mass is 9.98. The molecule has 0 saturated heterocycles. The minimum absolute atomic E-state index is 1.07. The van der Waals surface area contributed by atoms with Gasteiger partial charge in [-0.15, -0.1) is 0 Å². The van der Waals surface area contributed by atoms with Gasteiger partial charge in [0.15, 0.2) is 0 Å². The number of nitrogens with zero attached hydrogens (tertiary/aromatic N) is 2. The first-order chi connectivity index (χ1) is 33.5. The Morgan fingerprint density at radius 3 is 0.632 bits per heavy atom. The van der Waals surface area contributed by atoms with E-state index in [-0.39, 0.29) is 0 Å². The monoisotopic (exact) mass is 872 g/mol. The second kappa shape index (κ2) is 20.2. The van der Waals surface area contributed by atoms with Gasteiger partial charge in [0.1, 0.15) is 0 Å². The maximum atomic E-state index is 2.31. The number of benzene rings is 10. The van der Waals surface area contributed by atoms with Gasteiger partial charge >= 0.3 is 0 Å². The molecule has 10 aromatic carbocycles. The molecule has 68 heavy (non-hydrogen) atoms. The van der Waals surface area contributed by atoms with E-state index in [0.717, 1.165) is 67.3 Å². The van der Waals surface area contributed by atoms with Crippen molar-refractivity contribution >= 4 is 33.9 Å². The summed E-state index contributed by atoms with van der Waals surface area (Å²) < 4.78 is 0. The summed E-state index contributed by atoms with van der Waals surface area (Å²) in [4.78, 5) is 4.62. The zero-order valence-electron chi connectivity index (χ0n) is 38.5. The van der Waals surface area contributed by atoms with E-state index in [2.05, 4.69) is 303 Å². The highest BCUT2D eigenvalue weighted by Gasteiger charge is 2.16. The van der Waals surface area contributed by atoms with E-state index in [1.807, 2.05) is 0 Å². The fraction of sp³-hybridized carbons (Fsp3) is 0.0303. The Morgan fingerprint density at radius 2 is 0.426 bits per heavy atom. The maximum Gasteiger partial charge on any atom is 0.0456 e. The first-order valence-corrected chi connectivity index (χ1v) is 23.3. The molecule has 0 bridgehead atoms. The van der Waals surface area contributed by atoms with Gasteiger partial charge in [-0.3, -0.25) is 0 Å². The van der Waals surface area contributed by atoms with Gasteiger partial charge in [-0.25, -0.2) is 0 Å². The molecule has 10 rings (SSSR count). The molecule has 0 saturated carbocycles. The largest absolute Gasteiger partial charge is 0.317 e. The van der Waals surface area contributed by atoms with Crippen LogP contribution in [0.15, 0.2) is 279 Å².